The van der Waals surface area contributed by atoms with Crippen molar-refractivity contribution in [3.8, 4) is 0 Å². The lowest BCUT2D eigenvalue weighted by Gasteiger charge is -2.29. The number of hydrogen-bond donors (Lipinski definition) is 2. The Kier molecular flexibility index (Phi) is 3.06. The molecule has 0 atom stereocenters. The van der Waals surface area contributed by atoms with Crippen LogP contribution in [-0.4, -0.2) is 17.4 Å². The summed E-state index contributed by atoms with van der Waals surface area (Å²) in [5.74, 6) is -0.0153. The molecule has 0 aromatic heterocycles. The number of carbonyl (C=O) groups excluding carboxylic acids is 1. The Morgan fingerprint density at radius 2 is 1.65 bits per heavy atom. The Labute approximate surface area is 118 Å². The lowest BCUT2D eigenvalue weighted by atomic mass is 9.99. The summed E-state index contributed by atoms with van der Waals surface area (Å²) in [4.78, 5) is 14.4. The Morgan fingerprint density at radius 1 is 1.00 bits per heavy atom. The molecule has 1 heterocycles. The maximum Gasteiger partial charge on any atom is 0.254 e. The third-order valence-electron chi connectivity index (χ3n) is 3.64. The predicted octanol–water partition coefficient (Wildman–Crippen LogP) is 2.05. The van der Waals surface area contributed by atoms with Gasteiger partial charge in [-0.05, 0) is 35.7 Å². The van der Waals surface area contributed by atoms with Gasteiger partial charge in [0.2, 0.25) is 0 Å². The number of carbonyl (C=O) groups is 1. The highest BCUT2D eigenvalue weighted by Crippen LogP contribution is 2.22. The minimum atomic E-state index is -0.0153. The van der Waals surface area contributed by atoms with Gasteiger partial charge in [0, 0.05) is 30.0 Å². The standard InChI is InChI=1S/C16H17N3O/c17-14-7-13(8-15(18)9-14)16(20)19-6-5-11-3-1-2-4-12(11)10-19/h1-4,7-9H,5-6,10,17-18H2. The summed E-state index contributed by atoms with van der Waals surface area (Å²) in [6.45, 7) is 1.37. The van der Waals surface area contributed by atoms with Gasteiger partial charge in [0.1, 0.15) is 0 Å². The van der Waals surface area contributed by atoms with Gasteiger partial charge in [0.05, 0.1) is 0 Å². The zero-order valence-corrected chi connectivity index (χ0v) is 11.2. The number of nitrogens with zero attached hydrogens (tertiary/aromatic N) is 1. The van der Waals surface area contributed by atoms with E-state index in [0.717, 1.165) is 13.0 Å². The normalized spacial score (nSPS) is 13.9. The average molecular weight is 267 g/mol. The fourth-order valence-corrected chi connectivity index (χ4v) is 2.65. The predicted molar refractivity (Wildman–Crippen MR) is 80.2 cm³/mol. The van der Waals surface area contributed by atoms with Crippen LogP contribution in [0.2, 0.25) is 0 Å². The van der Waals surface area contributed by atoms with E-state index < -0.39 is 0 Å². The molecule has 1 aliphatic heterocycles. The number of fused-ring (bicyclic) bond motifs is 1. The first-order chi connectivity index (χ1) is 9.63. The van der Waals surface area contributed by atoms with Crippen LogP contribution in [0.5, 0.6) is 0 Å². The molecule has 0 fully saturated rings. The summed E-state index contributed by atoms with van der Waals surface area (Å²) in [5, 5.41) is 0. The fourth-order valence-electron chi connectivity index (χ4n) is 2.65. The monoisotopic (exact) mass is 267 g/mol. The highest BCUT2D eigenvalue weighted by Gasteiger charge is 2.21. The SMILES string of the molecule is Nc1cc(N)cc(C(=O)N2CCc3ccccc3C2)c1. The summed E-state index contributed by atoms with van der Waals surface area (Å²) in [5.41, 5.74) is 15.6. The van der Waals surface area contributed by atoms with Crippen LogP contribution in [0.1, 0.15) is 21.5 Å². The average Bonchev–Trinajstić information content (AvgIpc) is 2.45. The van der Waals surface area contributed by atoms with Crippen molar-refractivity contribution in [3.05, 3.63) is 59.2 Å². The summed E-state index contributed by atoms with van der Waals surface area (Å²) < 4.78 is 0. The molecule has 2 aromatic carbocycles. The number of benzene rings is 2. The quantitative estimate of drug-likeness (QED) is 0.777. The van der Waals surface area contributed by atoms with E-state index in [1.165, 1.54) is 11.1 Å². The van der Waals surface area contributed by atoms with Gasteiger partial charge in [0.15, 0.2) is 0 Å². The Hall–Kier alpha value is -2.49. The van der Waals surface area contributed by atoms with Gasteiger partial charge in [-0.25, -0.2) is 0 Å². The van der Waals surface area contributed by atoms with E-state index in [2.05, 4.69) is 12.1 Å². The zero-order valence-electron chi connectivity index (χ0n) is 11.2. The zero-order chi connectivity index (χ0) is 14.1. The summed E-state index contributed by atoms with van der Waals surface area (Å²) in [7, 11) is 0. The van der Waals surface area contributed by atoms with Gasteiger partial charge >= 0.3 is 0 Å². The van der Waals surface area contributed by atoms with Gasteiger partial charge in [-0.3, -0.25) is 4.79 Å². The van der Waals surface area contributed by atoms with Crippen LogP contribution in [0.3, 0.4) is 0 Å². The molecule has 0 bridgehead atoms. The lowest BCUT2D eigenvalue weighted by Crippen LogP contribution is -2.36. The maximum absolute atomic E-state index is 12.5. The van der Waals surface area contributed by atoms with Gasteiger partial charge in [-0.1, -0.05) is 24.3 Å². The third kappa shape index (κ3) is 2.32. The minimum Gasteiger partial charge on any atom is -0.399 e. The molecular formula is C16H17N3O. The molecule has 102 valence electrons. The van der Waals surface area contributed by atoms with Crippen LogP contribution in [0.15, 0.2) is 42.5 Å². The highest BCUT2D eigenvalue weighted by molar-refractivity contribution is 5.96. The molecule has 4 nitrogen and oxygen atoms in total. The first-order valence-electron chi connectivity index (χ1n) is 6.65. The van der Waals surface area contributed by atoms with Crippen LogP contribution in [0.25, 0.3) is 0 Å². The largest absolute Gasteiger partial charge is 0.399 e. The smallest absolute Gasteiger partial charge is 0.254 e. The number of rotatable bonds is 1. The Morgan fingerprint density at radius 3 is 2.35 bits per heavy atom. The van der Waals surface area contributed by atoms with E-state index in [1.54, 1.807) is 18.2 Å². The summed E-state index contributed by atoms with van der Waals surface area (Å²) >= 11 is 0. The lowest BCUT2D eigenvalue weighted by molar-refractivity contribution is 0.0735. The molecule has 0 spiro atoms. The molecule has 0 unspecified atom stereocenters. The molecule has 4 heteroatoms. The molecule has 3 rings (SSSR count). The van der Waals surface area contributed by atoms with Crippen molar-refractivity contribution in [2.75, 3.05) is 18.0 Å². The molecule has 0 radical (unpaired) electrons. The van der Waals surface area contributed by atoms with Crippen molar-refractivity contribution in [2.24, 2.45) is 0 Å². The van der Waals surface area contributed by atoms with Crippen LogP contribution in [0.4, 0.5) is 11.4 Å². The molecule has 4 N–H and O–H groups in total. The van der Waals surface area contributed by atoms with Crippen LogP contribution >= 0.6 is 0 Å². The topological polar surface area (TPSA) is 72.3 Å². The number of amides is 1. The first-order valence-corrected chi connectivity index (χ1v) is 6.65. The first kappa shape index (κ1) is 12.5. The van der Waals surface area contributed by atoms with E-state index in [0.29, 0.717) is 23.5 Å². The molecule has 0 saturated carbocycles. The molecular weight excluding hydrogens is 250 g/mol. The molecule has 20 heavy (non-hydrogen) atoms. The van der Waals surface area contributed by atoms with Crippen molar-refractivity contribution in [1.82, 2.24) is 4.90 Å². The number of nitrogens with two attached hydrogens (primary N) is 2. The number of hydrogen-bond acceptors (Lipinski definition) is 3. The second kappa shape index (κ2) is 4.89. The second-order valence-corrected chi connectivity index (χ2v) is 5.13. The molecule has 0 aliphatic carbocycles. The third-order valence-corrected chi connectivity index (χ3v) is 3.64. The van der Waals surface area contributed by atoms with Gasteiger partial charge in [-0.15, -0.1) is 0 Å². The van der Waals surface area contributed by atoms with E-state index in [4.69, 9.17) is 11.5 Å². The van der Waals surface area contributed by atoms with E-state index in [9.17, 15) is 4.79 Å². The summed E-state index contributed by atoms with van der Waals surface area (Å²) in [6.07, 6.45) is 0.889. The van der Waals surface area contributed by atoms with Gasteiger partial charge in [0.25, 0.3) is 5.91 Å². The van der Waals surface area contributed by atoms with Crippen LogP contribution < -0.4 is 11.5 Å². The van der Waals surface area contributed by atoms with Gasteiger partial charge in [-0.2, -0.15) is 0 Å². The molecule has 1 aliphatic rings. The maximum atomic E-state index is 12.5. The minimum absolute atomic E-state index is 0.0153. The van der Waals surface area contributed by atoms with Crippen molar-refractivity contribution < 1.29 is 4.79 Å². The second-order valence-electron chi connectivity index (χ2n) is 5.13. The van der Waals surface area contributed by atoms with E-state index in [-0.39, 0.29) is 5.91 Å². The molecule has 1 amide bonds. The van der Waals surface area contributed by atoms with Gasteiger partial charge < -0.3 is 16.4 Å². The highest BCUT2D eigenvalue weighted by atomic mass is 16.2. The van der Waals surface area contributed by atoms with E-state index in [1.807, 2.05) is 17.0 Å². The summed E-state index contributed by atoms with van der Waals surface area (Å²) in [6, 6.07) is 13.2. The van der Waals surface area contributed by atoms with E-state index >= 15 is 0 Å². The van der Waals surface area contributed by atoms with Crippen LogP contribution in [0, 0.1) is 0 Å². The van der Waals surface area contributed by atoms with Crippen molar-refractivity contribution in [2.45, 2.75) is 13.0 Å². The van der Waals surface area contributed by atoms with Crippen molar-refractivity contribution >= 4 is 17.3 Å². The van der Waals surface area contributed by atoms with Crippen LogP contribution in [-0.2, 0) is 13.0 Å². The van der Waals surface area contributed by atoms with Crippen molar-refractivity contribution in [1.29, 1.82) is 0 Å². The molecule has 2 aromatic rings. The fraction of sp³-hybridized carbons (Fsp3) is 0.188. The number of nitrogen functional groups attached to an aromatic ring is 2. The number of anilines is 2. The molecule has 0 saturated heterocycles. The Balaban J connectivity index is 1.86. The Bertz CT molecular complexity index is 646. The van der Waals surface area contributed by atoms with Crippen molar-refractivity contribution in [3.63, 3.8) is 0 Å².